The molecule has 0 amide bonds. The number of benzene rings is 1. The second-order valence-electron chi connectivity index (χ2n) is 5.03. The van der Waals surface area contributed by atoms with E-state index in [0.717, 1.165) is 12.3 Å². The maximum atomic E-state index is 13.2. The van der Waals surface area contributed by atoms with E-state index in [1.807, 2.05) is 0 Å². The van der Waals surface area contributed by atoms with E-state index < -0.39 is 25.9 Å². The molecule has 1 N–H and O–H groups in total. The summed E-state index contributed by atoms with van der Waals surface area (Å²) in [4.78, 5) is -0.0861. The average molecular weight is 336 g/mol. The summed E-state index contributed by atoms with van der Waals surface area (Å²) in [5.74, 6) is -0.607. The van der Waals surface area contributed by atoms with Gasteiger partial charge >= 0.3 is 0 Å². The van der Waals surface area contributed by atoms with Crippen molar-refractivity contribution < 1.29 is 21.2 Å². The maximum absolute atomic E-state index is 13.2. The molecule has 1 aromatic carbocycles. The molecule has 0 radical (unpaired) electrons. The molecule has 1 saturated heterocycles. The van der Waals surface area contributed by atoms with Gasteiger partial charge in [-0.3, -0.25) is 0 Å². The van der Waals surface area contributed by atoms with Gasteiger partial charge < -0.3 is 0 Å². The molecule has 1 aliphatic heterocycles. The highest BCUT2D eigenvalue weighted by Crippen LogP contribution is 2.21. The summed E-state index contributed by atoms with van der Waals surface area (Å²) in [7, 11) is -7.04. The SMILES string of the molecule is CS(=O)(=O)NC1CCN(S(=O)(=O)c2cccc(F)c2)CC1. The van der Waals surface area contributed by atoms with Crippen molar-refractivity contribution in [2.45, 2.75) is 23.8 Å². The Labute approximate surface area is 124 Å². The lowest BCUT2D eigenvalue weighted by atomic mass is 10.1. The Morgan fingerprint density at radius 1 is 1.19 bits per heavy atom. The van der Waals surface area contributed by atoms with Gasteiger partial charge in [0, 0.05) is 19.1 Å². The monoisotopic (exact) mass is 336 g/mol. The summed E-state index contributed by atoms with van der Waals surface area (Å²) in [6, 6.07) is 4.59. The Hall–Kier alpha value is -1.03. The summed E-state index contributed by atoms with van der Waals surface area (Å²) in [5.41, 5.74) is 0. The average Bonchev–Trinajstić information content (AvgIpc) is 2.37. The lowest BCUT2D eigenvalue weighted by Crippen LogP contribution is -2.46. The van der Waals surface area contributed by atoms with Crippen LogP contribution in [0.2, 0.25) is 0 Å². The zero-order chi connectivity index (χ0) is 15.7. The quantitative estimate of drug-likeness (QED) is 0.869. The number of nitrogens with zero attached hydrogens (tertiary/aromatic N) is 1. The van der Waals surface area contributed by atoms with Crippen LogP contribution in [-0.2, 0) is 20.0 Å². The summed E-state index contributed by atoms with van der Waals surface area (Å²) in [6.45, 7) is 0.401. The summed E-state index contributed by atoms with van der Waals surface area (Å²) in [5, 5.41) is 0. The molecular weight excluding hydrogens is 319 g/mol. The second kappa shape index (κ2) is 5.99. The van der Waals surface area contributed by atoms with Crippen molar-refractivity contribution in [1.82, 2.24) is 9.03 Å². The van der Waals surface area contributed by atoms with Crippen LogP contribution in [0.25, 0.3) is 0 Å². The molecule has 1 fully saturated rings. The standard InChI is InChI=1S/C12H17FN2O4S2/c1-20(16,17)14-11-5-7-15(8-6-11)21(18,19)12-4-2-3-10(13)9-12/h2-4,9,11,14H,5-8H2,1H3. The van der Waals surface area contributed by atoms with Gasteiger partial charge in [0.05, 0.1) is 11.2 Å². The Balaban J connectivity index is 2.08. The van der Waals surface area contributed by atoms with Crippen molar-refractivity contribution in [3.05, 3.63) is 30.1 Å². The minimum absolute atomic E-state index is 0.0861. The largest absolute Gasteiger partial charge is 0.243 e. The minimum atomic E-state index is -3.74. The minimum Gasteiger partial charge on any atom is -0.213 e. The second-order valence-corrected chi connectivity index (χ2v) is 8.74. The first-order valence-corrected chi connectivity index (χ1v) is 9.75. The fraction of sp³-hybridized carbons (Fsp3) is 0.500. The van der Waals surface area contributed by atoms with Crippen LogP contribution in [0, 0.1) is 5.82 Å². The molecule has 0 unspecified atom stereocenters. The van der Waals surface area contributed by atoms with E-state index in [1.165, 1.54) is 22.5 Å². The van der Waals surface area contributed by atoms with E-state index in [9.17, 15) is 21.2 Å². The Bertz CT molecular complexity index is 711. The van der Waals surface area contributed by atoms with E-state index in [2.05, 4.69) is 4.72 Å². The fourth-order valence-corrected chi connectivity index (χ4v) is 4.64. The van der Waals surface area contributed by atoms with Crippen LogP contribution >= 0.6 is 0 Å². The molecule has 0 spiro atoms. The fourth-order valence-electron chi connectivity index (χ4n) is 2.29. The number of nitrogens with one attached hydrogen (secondary N) is 1. The Morgan fingerprint density at radius 3 is 2.33 bits per heavy atom. The van der Waals surface area contributed by atoms with Crippen LogP contribution in [-0.4, -0.2) is 46.5 Å². The molecule has 0 atom stereocenters. The molecule has 6 nitrogen and oxygen atoms in total. The molecule has 1 aromatic rings. The van der Waals surface area contributed by atoms with Gasteiger partial charge in [0.2, 0.25) is 20.0 Å². The Kier molecular flexibility index (Phi) is 4.66. The lowest BCUT2D eigenvalue weighted by molar-refractivity contribution is 0.308. The van der Waals surface area contributed by atoms with Gasteiger partial charge in [-0.2, -0.15) is 4.31 Å². The first kappa shape index (κ1) is 16.3. The molecule has 9 heteroatoms. The van der Waals surface area contributed by atoms with Crippen LogP contribution in [0.5, 0.6) is 0 Å². The van der Waals surface area contributed by atoms with Crippen LogP contribution in [0.15, 0.2) is 29.2 Å². The van der Waals surface area contributed by atoms with Crippen LogP contribution in [0.3, 0.4) is 0 Å². The Morgan fingerprint density at radius 2 is 1.81 bits per heavy atom. The van der Waals surface area contributed by atoms with E-state index in [1.54, 1.807) is 0 Å². The first-order valence-electron chi connectivity index (χ1n) is 6.41. The van der Waals surface area contributed by atoms with Crippen molar-refractivity contribution in [2.24, 2.45) is 0 Å². The third-order valence-corrected chi connectivity index (χ3v) is 5.92. The molecule has 0 aliphatic carbocycles. The molecule has 21 heavy (non-hydrogen) atoms. The van der Waals surface area contributed by atoms with Gasteiger partial charge in [0.25, 0.3) is 0 Å². The van der Waals surface area contributed by atoms with Crippen molar-refractivity contribution in [2.75, 3.05) is 19.3 Å². The molecule has 1 heterocycles. The van der Waals surface area contributed by atoms with Gasteiger partial charge in [0.1, 0.15) is 5.82 Å². The highest BCUT2D eigenvalue weighted by molar-refractivity contribution is 7.89. The zero-order valence-corrected chi connectivity index (χ0v) is 13.1. The van der Waals surface area contributed by atoms with Crippen molar-refractivity contribution >= 4 is 20.0 Å². The molecule has 0 bridgehead atoms. The first-order chi connectivity index (χ1) is 9.68. The number of halogens is 1. The van der Waals surface area contributed by atoms with E-state index in [0.29, 0.717) is 12.8 Å². The van der Waals surface area contributed by atoms with Crippen LogP contribution in [0.4, 0.5) is 4.39 Å². The van der Waals surface area contributed by atoms with Gasteiger partial charge in [0.15, 0.2) is 0 Å². The van der Waals surface area contributed by atoms with Crippen molar-refractivity contribution in [3.63, 3.8) is 0 Å². The number of hydrogen-bond donors (Lipinski definition) is 1. The van der Waals surface area contributed by atoms with Gasteiger partial charge in [-0.25, -0.2) is 25.9 Å². The van der Waals surface area contributed by atoms with Crippen molar-refractivity contribution in [1.29, 1.82) is 0 Å². The van der Waals surface area contributed by atoms with E-state index in [-0.39, 0.29) is 24.0 Å². The highest BCUT2D eigenvalue weighted by atomic mass is 32.2. The zero-order valence-electron chi connectivity index (χ0n) is 11.5. The molecule has 118 valence electrons. The molecule has 1 aliphatic rings. The third-order valence-electron chi connectivity index (χ3n) is 3.27. The summed E-state index contributed by atoms with van der Waals surface area (Å²) in [6.07, 6.45) is 1.85. The van der Waals surface area contributed by atoms with Crippen LogP contribution < -0.4 is 4.72 Å². The predicted molar refractivity (Wildman–Crippen MR) is 76.2 cm³/mol. The molecular formula is C12H17FN2O4S2. The summed E-state index contributed by atoms with van der Waals surface area (Å²) >= 11 is 0. The number of rotatable bonds is 4. The summed E-state index contributed by atoms with van der Waals surface area (Å²) < 4.78 is 63.9. The van der Waals surface area contributed by atoms with Crippen molar-refractivity contribution in [3.8, 4) is 0 Å². The third kappa shape index (κ3) is 4.22. The number of sulfonamides is 2. The number of piperidine rings is 1. The normalized spacial score (nSPS) is 18.8. The van der Waals surface area contributed by atoms with E-state index >= 15 is 0 Å². The number of hydrogen-bond acceptors (Lipinski definition) is 4. The van der Waals surface area contributed by atoms with Gasteiger partial charge in [-0.15, -0.1) is 0 Å². The van der Waals surface area contributed by atoms with Gasteiger partial charge in [-0.1, -0.05) is 6.07 Å². The highest BCUT2D eigenvalue weighted by Gasteiger charge is 2.30. The topological polar surface area (TPSA) is 83.6 Å². The van der Waals surface area contributed by atoms with E-state index in [4.69, 9.17) is 0 Å². The maximum Gasteiger partial charge on any atom is 0.243 e. The molecule has 0 aromatic heterocycles. The smallest absolute Gasteiger partial charge is 0.213 e. The molecule has 0 saturated carbocycles. The van der Waals surface area contributed by atoms with Crippen LogP contribution in [0.1, 0.15) is 12.8 Å². The molecule has 2 rings (SSSR count). The lowest BCUT2D eigenvalue weighted by Gasteiger charge is -2.31. The van der Waals surface area contributed by atoms with Gasteiger partial charge in [-0.05, 0) is 31.0 Å². The predicted octanol–water partition coefficient (Wildman–Crippen LogP) is 0.528.